The standard InChI is InChI=1S/C34H56Br2O8/c1-21(37)39-25(31(7)17-13-23(41-31)29(3,4)35)15-19-33(9)27(43-33)11-12-28-34(10,44-28)20-16-26(40-22(2)38)32(8)18-14-24(42-32)30(5,6)36/h23-28H,11-20H2,1-10H3/t23?,24?,25-,26-,27?,28?,31+,32+,33?,34?/m0/s1. The molecule has 0 N–H and O–H groups in total. The van der Waals surface area contributed by atoms with Crippen LogP contribution < -0.4 is 0 Å². The molecule has 0 radical (unpaired) electrons. The quantitative estimate of drug-likeness (QED) is 0.0954. The first kappa shape index (κ1) is 36.6. The Labute approximate surface area is 281 Å². The number of epoxide rings is 2. The summed E-state index contributed by atoms with van der Waals surface area (Å²) in [5.41, 5.74) is -1.49. The molecule has 0 spiro atoms. The highest BCUT2D eigenvalue weighted by molar-refractivity contribution is 9.10. The van der Waals surface area contributed by atoms with Crippen LogP contribution in [0.3, 0.4) is 0 Å². The van der Waals surface area contributed by atoms with Gasteiger partial charge in [0.1, 0.15) is 23.4 Å². The zero-order valence-corrected chi connectivity index (χ0v) is 31.7. The van der Waals surface area contributed by atoms with E-state index < -0.39 is 11.2 Å². The molecule has 254 valence electrons. The number of rotatable bonds is 15. The van der Waals surface area contributed by atoms with Crippen molar-refractivity contribution in [2.45, 2.75) is 201 Å². The van der Waals surface area contributed by atoms with Gasteiger partial charge < -0.3 is 28.4 Å². The van der Waals surface area contributed by atoms with E-state index in [-0.39, 0.29) is 68.4 Å². The number of hydrogen-bond donors (Lipinski definition) is 0. The SMILES string of the molecule is CC(=O)O[C@@H](CCC1(C)OC1CCC1OC1(C)CC[C@H](OC(C)=O)[C@@]1(C)CCC(C(C)(C)Br)O1)[C@@]1(C)CCC(C(C)(C)Br)O1. The third-order valence-electron chi connectivity index (χ3n) is 10.7. The maximum Gasteiger partial charge on any atom is 0.303 e. The highest BCUT2D eigenvalue weighted by Gasteiger charge is 2.58. The van der Waals surface area contributed by atoms with Crippen LogP contribution in [0.2, 0.25) is 0 Å². The van der Waals surface area contributed by atoms with E-state index in [0.29, 0.717) is 12.8 Å². The van der Waals surface area contributed by atoms with E-state index >= 15 is 0 Å². The Morgan fingerprint density at radius 2 is 1.05 bits per heavy atom. The average Bonchev–Trinajstić information content (AvgIpc) is 3.54. The van der Waals surface area contributed by atoms with E-state index in [9.17, 15) is 9.59 Å². The molecule has 4 rings (SSSR count). The summed E-state index contributed by atoms with van der Waals surface area (Å²) in [6.07, 6.45) is 8.18. The third-order valence-corrected chi connectivity index (χ3v) is 11.7. The van der Waals surface area contributed by atoms with E-state index in [4.69, 9.17) is 28.4 Å². The topological polar surface area (TPSA) is 96.1 Å². The van der Waals surface area contributed by atoms with E-state index in [1.165, 1.54) is 13.8 Å². The molecule has 8 nitrogen and oxygen atoms in total. The molecular formula is C34H56Br2O8. The van der Waals surface area contributed by atoms with Crippen LogP contribution in [-0.4, -0.2) is 79.6 Å². The van der Waals surface area contributed by atoms with Gasteiger partial charge in [-0.2, -0.15) is 0 Å². The van der Waals surface area contributed by atoms with Crippen LogP contribution in [0.5, 0.6) is 0 Å². The number of halogens is 2. The van der Waals surface area contributed by atoms with E-state index in [1.54, 1.807) is 0 Å². The van der Waals surface area contributed by atoms with Gasteiger partial charge >= 0.3 is 11.9 Å². The first-order chi connectivity index (χ1) is 20.1. The fourth-order valence-electron chi connectivity index (χ4n) is 7.43. The Morgan fingerprint density at radius 3 is 1.32 bits per heavy atom. The molecule has 0 bridgehead atoms. The summed E-state index contributed by atoms with van der Waals surface area (Å²) in [4.78, 5) is 24.0. The van der Waals surface area contributed by atoms with Gasteiger partial charge in [0.25, 0.3) is 0 Å². The molecule has 4 heterocycles. The minimum absolute atomic E-state index is 0.0650. The van der Waals surface area contributed by atoms with Crippen LogP contribution in [-0.2, 0) is 38.0 Å². The van der Waals surface area contributed by atoms with Gasteiger partial charge in [-0.1, -0.05) is 31.9 Å². The van der Waals surface area contributed by atoms with Crippen molar-refractivity contribution in [3.63, 3.8) is 0 Å². The van der Waals surface area contributed by atoms with Gasteiger partial charge in [0, 0.05) is 22.5 Å². The average molecular weight is 753 g/mol. The predicted molar refractivity (Wildman–Crippen MR) is 176 cm³/mol. The minimum atomic E-state index is -0.512. The van der Waals surface area contributed by atoms with Gasteiger partial charge in [-0.05, 0) is 120 Å². The van der Waals surface area contributed by atoms with Crippen molar-refractivity contribution in [2.24, 2.45) is 0 Å². The Bertz CT molecular complexity index is 975. The third kappa shape index (κ3) is 8.80. The molecule has 0 amide bonds. The van der Waals surface area contributed by atoms with Gasteiger partial charge in [0.2, 0.25) is 0 Å². The second-order valence-corrected chi connectivity index (χ2v) is 19.8. The zero-order valence-electron chi connectivity index (χ0n) is 28.6. The summed E-state index contributed by atoms with van der Waals surface area (Å²) in [5, 5.41) is 0. The van der Waals surface area contributed by atoms with Crippen LogP contribution in [0.25, 0.3) is 0 Å². The summed E-state index contributed by atoms with van der Waals surface area (Å²) < 4.78 is 36.8. The monoisotopic (exact) mass is 750 g/mol. The number of alkyl halides is 2. The molecule has 10 heteroatoms. The predicted octanol–water partition coefficient (Wildman–Crippen LogP) is 7.73. The summed E-state index contributed by atoms with van der Waals surface area (Å²) >= 11 is 7.50. The summed E-state index contributed by atoms with van der Waals surface area (Å²) in [6.45, 7) is 19.9. The number of carbonyl (C=O) groups excluding carboxylic acids is 2. The fourth-order valence-corrected chi connectivity index (χ4v) is 8.07. The molecule has 0 aromatic carbocycles. The molecule has 4 aliphatic rings. The summed E-state index contributed by atoms with van der Waals surface area (Å²) in [5.74, 6) is -0.553. The summed E-state index contributed by atoms with van der Waals surface area (Å²) in [7, 11) is 0. The van der Waals surface area contributed by atoms with Crippen molar-refractivity contribution in [2.75, 3.05) is 0 Å². The second-order valence-electron chi connectivity index (χ2n) is 15.7. The molecule has 4 saturated heterocycles. The van der Waals surface area contributed by atoms with Gasteiger partial charge in [-0.25, -0.2) is 0 Å². The zero-order chi connectivity index (χ0) is 32.9. The lowest BCUT2D eigenvalue weighted by atomic mass is 9.86. The van der Waals surface area contributed by atoms with Crippen molar-refractivity contribution in [3.05, 3.63) is 0 Å². The number of ether oxygens (including phenoxy) is 6. The maximum atomic E-state index is 12.0. The van der Waals surface area contributed by atoms with E-state index in [1.807, 2.05) is 0 Å². The normalized spacial score (nSPS) is 40.0. The molecule has 6 unspecified atom stereocenters. The first-order valence-electron chi connectivity index (χ1n) is 16.5. The fraction of sp³-hybridized carbons (Fsp3) is 0.941. The molecular weight excluding hydrogens is 696 g/mol. The lowest BCUT2D eigenvalue weighted by Crippen LogP contribution is -2.44. The molecule has 0 aromatic rings. The number of esters is 2. The van der Waals surface area contributed by atoms with Crippen molar-refractivity contribution in [1.29, 1.82) is 0 Å². The molecule has 0 aliphatic carbocycles. The Hall–Kier alpha value is -0.260. The number of hydrogen-bond acceptors (Lipinski definition) is 8. The molecule has 0 saturated carbocycles. The van der Waals surface area contributed by atoms with Gasteiger partial charge in [0.05, 0.1) is 35.6 Å². The first-order valence-corrected chi connectivity index (χ1v) is 18.1. The van der Waals surface area contributed by atoms with Crippen LogP contribution in [0, 0.1) is 0 Å². The van der Waals surface area contributed by atoms with Gasteiger partial charge in [-0.15, -0.1) is 0 Å². The van der Waals surface area contributed by atoms with Crippen LogP contribution >= 0.6 is 31.9 Å². The van der Waals surface area contributed by atoms with Crippen molar-refractivity contribution in [3.8, 4) is 0 Å². The van der Waals surface area contributed by atoms with Gasteiger partial charge in [0.15, 0.2) is 0 Å². The highest BCUT2D eigenvalue weighted by atomic mass is 79.9. The van der Waals surface area contributed by atoms with Crippen molar-refractivity contribution < 1.29 is 38.0 Å². The van der Waals surface area contributed by atoms with E-state index in [2.05, 4.69) is 87.2 Å². The van der Waals surface area contributed by atoms with E-state index in [0.717, 1.165) is 51.4 Å². The minimum Gasteiger partial charge on any atom is -0.459 e. The molecule has 4 fully saturated rings. The molecule has 4 aliphatic heterocycles. The lowest BCUT2D eigenvalue weighted by molar-refractivity contribution is -0.170. The van der Waals surface area contributed by atoms with Gasteiger partial charge in [-0.3, -0.25) is 9.59 Å². The van der Waals surface area contributed by atoms with Crippen LogP contribution in [0.1, 0.15) is 133 Å². The molecule has 44 heavy (non-hydrogen) atoms. The van der Waals surface area contributed by atoms with Crippen LogP contribution in [0.4, 0.5) is 0 Å². The Kier molecular flexibility index (Phi) is 10.8. The smallest absolute Gasteiger partial charge is 0.303 e. The lowest BCUT2D eigenvalue weighted by Gasteiger charge is -2.35. The van der Waals surface area contributed by atoms with Crippen molar-refractivity contribution in [1.82, 2.24) is 0 Å². The maximum absolute atomic E-state index is 12.0. The Balaban J connectivity index is 1.24. The molecule has 0 aromatic heterocycles. The van der Waals surface area contributed by atoms with Crippen molar-refractivity contribution >= 4 is 43.8 Å². The largest absolute Gasteiger partial charge is 0.459 e. The second kappa shape index (κ2) is 13.0. The van der Waals surface area contributed by atoms with Crippen LogP contribution in [0.15, 0.2) is 0 Å². The highest BCUT2D eigenvalue weighted by Crippen LogP contribution is 2.51. The number of carbonyl (C=O) groups is 2. The summed E-state index contributed by atoms with van der Waals surface area (Å²) in [6, 6.07) is 0. The Morgan fingerprint density at radius 1 is 0.705 bits per heavy atom. The molecule has 10 atom stereocenters.